The first kappa shape index (κ1) is 14.9. The molecule has 18 heavy (non-hydrogen) atoms. The first-order chi connectivity index (χ1) is 8.43. The zero-order chi connectivity index (χ0) is 13.6. The molecule has 0 bridgehead atoms. The lowest BCUT2D eigenvalue weighted by atomic mass is 9.98. The first-order valence-electron chi connectivity index (χ1n) is 6.51. The second-order valence-corrected chi connectivity index (χ2v) is 5.30. The highest BCUT2D eigenvalue weighted by molar-refractivity contribution is 5.26. The maximum absolute atomic E-state index is 13.7. The molecule has 0 spiro atoms. The topological polar surface area (TPSA) is 3.24 Å². The van der Waals surface area contributed by atoms with Crippen LogP contribution in [0.4, 0.5) is 4.39 Å². The van der Waals surface area contributed by atoms with Gasteiger partial charge >= 0.3 is 0 Å². The van der Waals surface area contributed by atoms with Gasteiger partial charge in [-0.05, 0) is 44.9 Å². The van der Waals surface area contributed by atoms with Crippen LogP contribution in [-0.4, -0.2) is 25.0 Å². The predicted octanol–water partition coefficient (Wildman–Crippen LogP) is 3.94. The molecule has 1 aromatic carbocycles. The molecule has 0 fully saturated rings. The van der Waals surface area contributed by atoms with Crippen LogP contribution in [0.25, 0.3) is 0 Å². The molecular weight excluding hydrogens is 225 g/mol. The van der Waals surface area contributed by atoms with E-state index in [0.717, 1.165) is 31.5 Å². The van der Waals surface area contributed by atoms with Gasteiger partial charge in [-0.2, -0.15) is 0 Å². The Kier molecular flexibility index (Phi) is 5.54. The van der Waals surface area contributed by atoms with E-state index in [1.165, 1.54) is 5.56 Å². The van der Waals surface area contributed by atoms with Crippen molar-refractivity contribution in [2.75, 3.05) is 20.1 Å². The molecule has 0 aromatic heterocycles. The standard InChI is InChI=1S/C16H24FN/c1-5-6-12-18(4)13-11-14-7-9-15(10-8-14)16(2,3)17/h5,7-10H,1,6,11-13H2,2-4H3. The monoisotopic (exact) mass is 249 g/mol. The SMILES string of the molecule is C=CCCN(C)CCc1ccc(C(C)(C)F)cc1. The van der Waals surface area contributed by atoms with E-state index >= 15 is 0 Å². The van der Waals surface area contributed by atoms with Gasteiger partial charge in [-0.15, -0.1) is 6.58 Å². The summed E-state index contributed by atoms with van der Waals surface area (Å²) in [7, 11) is 2.11. The van der Waals surface area contributed by atoms with Crippen LogP contribution in [0.2, 0.25) is 0 Å². The van der Waals surface area contributed by atoms with Crippen molar-refractivity contribution in [2.45, 2.75) is 32.4 Å². The number of rotatable bonds is 7. The minimum Gasteiger partial charge on any atom is -0.306 e. The smallest absolute Gasteiger partial charge is 0.130 e. The van der Waals surface area contributed by atoms with Crippen LogP contribution < -0.4 is 0 Å². The van der Waals surface area contributed by atoms with Crippen LogP contribution >= 0.6 is 0 Å². The van der Waals surface area contributed by atoms with Crippen LogP contribution in [0.1, 0.15) is 31.4 Å². The quantitative estimate of drug-likeness (QED) is 0.662. The Morgan fingerprint density at radius 1 is 1.22 bits per heavy atom. The highest BCUT2D eigenvalue weighted by Crippen LogP contribution is 2.24. The van der Waals surface area contributed by atoms with Crippen LogP contribution in [-0.2, 0) is 12.1 Å². The Balaban J connectivity index is 2.46. The highest BCUT2D eigenvalue weighted by atomic mass is 19.1. The second-order valence-electron chi connectivity index (χ2n) is 5.30. The van der Waals surface area contributed by atoms with E-state index in [0.29, 0.717) is 0 Å². The van der Waals surface area contributed by atoms with Gasteiger partial charge in [0.05, 0.1) is 0 Å². The molecule has 0 radical (unpaired) electrons. The Bertz CT molecular complexity index is 362. The van der Waals surface area contributed by atoms with Gasteiger partial charge in [0.25, 0.3) is 0 Å². The maximum Gasteiger partial charge on any atom is 0.130 e. The lowest BCUT2D eigenvalue weighted by Crippen LogP contribution is -2.22. The predicted molar refractivity (Wildman–Crippen MR) is 76.6 cm³/mol. The van der Waals surface area contributed by atoms with Gasteiger partial charge in [0.2, 0.25) is 0 Å². The number of hydrogen-bond donors (Lipinski definition) is 0. The van der Waals surface area contributed by atoms with E-state index in [2.05, 4.69) is 18.5 Å². The molecule has 0 saturated carbocycles. The van der Waals surface area contributed by atoms with E-state index in [1.54, 1.807) is 13.8 Å². The number of hydrogen-bond acceptors (Lipinski definition) is 1. The molecule has 1 nitrogen and oxygen atoms in total. The molecular formula is C16H24FN. The summed E-state index contributed by atoms with van der Waals surface area (Å²) in [4.78, 5) is 2.29. The Labute approximate surface area is 110 Å². The molecule has 1 rings (SSSR count). The molecule has 0 unspecified atom stereocenters. The maximum atomic E-state index is 13.7. The summed E-state index contributed by atoms with van der Waals surface area (Å²) >= 11 is 0. The van der Waals surface area contributed by atoms with Gasteiger partial charge in [0.1, 0.15) is 5.67 Å². The normalized spacial score (nSPS) is 11.8. The lowest BCUT2D eigenvalue weighted by Gasteiger charge is -2.17. The highest BCUT2D eigenvalue weighted by Gasteiger charge is 2.17. The van der Waals surface area contributed by atoms with Crippen molar-refractivity contribution in [1.82, 2.24) is 4.90 Å². The molecule has 0 amide bonds. The van der Waals surface area contributed by atoms with E-state index < -0.39 is 5.67 Å². The van der Waals surface area contributed by atoms with Crippen molar-refractivity contribution >= 4 is 0 Å². The van der Waals surface area contributed by atoms with Crippen molar-refractivity contribution in [1.29, 1.82) is 0 Å². The van der Waals surface area contributed by atoms with E-state index in [4.69, 9.17) is 0 Å². The fourth-order valence-electron chi connectivity index (χ4n) is 1.81. The van der Waals surface area contributed by atoms with E-state index in [9.17, 15) is 4.39 Å². The van der Waals surface area contributed by atoms with Crippen molar-refractivity contribution in [3.8, 4) is 0 Å². The summed E-state index contributed by atoms with van der Waals surface area (Å²) in [6.07, 6.45) is 3.96. The summed E-state index contributed by atoms with van der Waals surface area (Å²) in [6, 6.07) is 7.83. The third kappa shape index (κ3) is 5.01. The summed E-state index contributed by atoms with van der Waals surface area (Å²) in [5, 5.41) is 0. The van der Waals surface area contributed by atoms with Crippen molar-refractivity contribution in [2.24, 2.45) is 0 Å². The average Bonchev–Trinajstić information content (AvgIpc) is 2.33. The van der Waals surface area contributed by atoms with Crippen molar-refractivity contribution < 1.29 is 4.39 Å². The van der Waals surface area contributed by atoms with Crippen LogP contribution in [0.15, 0.2) is 36.9 Å². The minimum atomic E-state index is -1.25. The molecule has 0 N–H and O–H groups in total. The molecule has 0 heterocycles. The molecule has 100 valence electrons. The van der Waals surface area contributed by atoms with Crippen LogP contribution in [0.3, 0.4) is 0 Å². The Morgan fingerprint density at radius 3 is 2.33 bits per heavy atom. The molecule has 0 atom stereocenters. The zero-order valence-electron chi connectivity index (χ0n) is 11.7. The third-order valence-electron chi connectivity index (χ3n) is 3.14. The molecule has 0 aliphatic heterocycles. The number of likely N-dealkylation sites (N-methyl/N-ethyl adjacent to an activating group) is 1. The first-order valence-corrected chi connectivity index (χ1v) is 6.51. The largest absolute Gasteiger partial charge is 0.306 e. The minimum absolute atomic E-state index is 0.742. The van der Waals surface area contributed by atoms with Crippen LogP contribution in [0.5, 0.6) is 0 Å². The number of nitrogens with zero attached hydrogens (tertiary/aromatic N) is 1. The summed E-state index contributed by atoms with van der Waals surface area (Å²) < 4.78 is 13.7. The van der Waals surface area contributed by atoms with Gasteiger partial charge in [0, 0.05) is 13.1 Å². The number of halogens is 1. The van der Waals surface area contributed by atoms with Gasteiger partial charge in [-0.3, -0.25) is 0 Å². The van der Waals surface area contributed by atoms with Crippen molar-refractivity contribution in [3.05, 3.63) is 48.0 Å². The molecule has 0 aliphatic carbocycles. The van der Waals surface area contributed by atoms with Gasteiger partial charge in [-0.1, -0.05) is 30.3 Å². The molecule has 0 aliphatic rings. The van der Waals surface area contributed by atoms with E-state index in [-0.39, 0.29) is 0 Å². The third-order valence-corrected chi connectivity index (χ3v) is 3.14. The van der Waals surface area contributed by atoms with E-state index in [1.807, 2.05) is 30.3 Å². The molecule has 1 aromatic rings. The Hall–Kier alpha value is -1.15. The molecule has 0 saturated heterocycles. The van der Waals surface area contributed by atoms with Gasteiger partial charge < -0.3 is 4.90 Å². The lowest BCUT2D eigenvalue weighted by molar-refractivity contribution is 0.221. The number of alkyl halides is 1. The van der Waals surface area contributed by atoms with Gasteiger partial charge in [-0.25, -0.2) is 4.39 Å². The summed E-state index contributed by atoms with van der Waals surface area (Å²) in [5.41, 5.74) is 0.749. The van der Waals surface area contributed by atoms with Gasteiger partial charge in [0.15, 0.2) is 0 Å². The Morgan fingerprint density at radius 2 is 1.83 bits per heavy atom. The summed E-state index contributed by atoms with van der Waals surface area (Å²) in [5.74, 6) is 0. The average molecular weight is 249 g/mol. The molecule has 2 heteroatoms. The second kappa shape index (κ2) is 6.69. The van der Waals surface area contributed by atoms with Crippen LogP contribution in [0, 0.1) is 0 Å². The number of benzene rings is 1. The van der Waals surface area contributed by atoms with Crippen molar-refractivity contribution in [3.63, 3.8) is 0 Å². The fraction of sp³-hybridized carbons (Fsp3) is 0.500. The fourth-order valence-corrected chi connectivity index (χ4v) is 1.81. The summed E-state index contributed by atoms with van der Waals surface area (Å²) in [6.45, 7) is 8.96. The zero-order valence-corrected chi connectivity index (χ0v) is 11.7.